The van der Waals surface area contributed by atoms with E-state index in [9.17, 15) is 8.42 Å². The van der Waals surface area contributed by atoms with Gasteiger partial charge in [0.15, 0.2) is 0 Å². The van der Waals surface area contributed by atoms with Crippen LogP contribution in [-0.4, -0.2) is 31.9 Å². The molecule has 1 aromatic carbocycles. The standard InChI is InChI=1S/C13H22N2O3S/c1-4-19(17,18)15-13-7-5-12(6-8-13)11(3)14-10(2)9-16/h5-8,10-11,14-16H,4,9H2,1-3H3. The first-order chi connectivity index (χ1) is 8.88. The highest BCUT2D eigenvalue weighted by Gasteiger charge is 2.10. The third-order valence-corrected chi connectivity index (χ3v) is 4.18. The van der Waals surface area contributed by atoms with Crippen molar-refractivity contribution in [2.45, 2.75) is 32.9 Å². The minimum atomic E-state index is -3.23. The Balaban J connectivity index is 2.71. The van der Waals surface area contributed by atoms with Crippen LogP contribution in [0.15, 0.2) is 24.3 Å². The van der Waals surface area contributed by atoms with Crippen LogP contribution in [-0.2, 0) is 10.0 Å². The van der Waals surface area contributed by atoms with Gasteiger partial charge in [0.25, 0.3) is 0 Å². The fourth-order valence-electron chi connectivity index (χ4n) is 1.67. The first-order valence-electron chi connectivity index (χ1n) is 6.35. The number of aliphatic hydroxyl groups is 1. The number of aliphatic hydroxyl groups excluding tert-OH is 1. The Morgan fingerprint density at radius 2 is 1.79 bits per heavy atom. The van der Waals surface area contributed by atoms with Gasteiger partial charge in [-0.1, -0.05) is 12.1 Å². The maximum atomic E-state index is 11.4. The normalized spacial score (nSPS) is 14.9. The van der Waals surface area contributed by atoms with Crippen LogP contribution in [0.1, 0.15) is 32.4 Å². The van der Waals surface area contributed by atoms with Crippen molar-refractivity contribution in [3.63, 3.8) is 0 Å². The van der Waals surface area contributed by atoms with Gasteiger partial charge in [-0.2, -0.15) is 0 Å². The Labute approximate surface area is 115 Å². The molecule has 0 amide bonds. The predicted octanol–water partition coefficient (Wildman–Crippen LogP) is 1.48. The quantitative estimate of drug-likeness (QED) is 0.709. The summed E-state index contributed by atoms with van der Waals surface area (Å²) in [5, 5.41) is 12.2. The highest BCUT2D eigenvalue weighted by Crippen LogP contribution is 2.17. The lowest BCUT2D eigenvalue weighted by Gasteiger charge is -2.19. The summed E-state index contributed by atoms with van der Waals surface area (Å²) in [6, 6.07) is 7.34. The van der Waals surface area contributed by atoms with Crippen LogP contribution in [0, 0.1) is 0 Å². The van der Waals surface area contributed by atoms with Crippen molar-refractivity contribution in [1.82, 2.24) is 5.32 Å². The molecule has 0 bridgehead atoms. The van der Waals surface area contributed by atoms with Crippen molar-refractivity contribution >= 4 is 15.7 Å². The zero-order valence-electron chi connectivity index (χ0n) is 11.6. The van der Waals surface area contributed by atoms with Crippen molar-refractivity contribution in [2.24, 2.45) is 0 Å². The number of anilines is 1. The maximum Gasteiger partial charge on any atom is 0.232 e. The monoisotopic (exact) mass is 286 g/mol. The second-order valence-corrected chi connectivity index (χ2v) is 6.61. The Kier molecular flexibility index (Phi) is 5.78. The molecule has 2 atom stereocenters. The summed E-state index contributed by atoms with van der Waals surface area (Å²) in [4.78, 5) is 0. The van der Waals surface area contributed by atoms with Gasteiger partial charge in [-0.3, -0.25) is 4.72 Å². The van der Waals surface area contributed by atoms with E-state index in [1.54, 1.807) is 19.1 Å². The van der Waals surface area contributed by atoms with Gasteiger partial charge in [-0.15, -0.1) is 0 Å². The largest absolute Gasteiger partial charge is 0.395 e. The minimum absolute atomic E-state index is 0.0215. The zero-order valence-corrected chi connectivity index (χ0v) is 12.4. The molecule has 5 nitrogen and oxygen atoms in total. The average molecular weight is 286 g/mol. The highest BCUT2D eigenvalue weighted by atomic mass is 32.2. The zero-order chi connectivity index (χ0) is 14.5. The van der Waals surface area contributed by atoms with E-state index in [0.29, 0.717) is 5.69 Å². The molecule has 6 heteroatoms. The number of nitrogens with one attached hydrogen (secondary N) is 2. The lowest BCUT2D eigenvalue weighted by molar-refractivity contribution is 0.243. The van der Waals surface area contributed by atoms with Crippen molar-refractivity contribution < 1.29 is 13.5 Å². The lowest BCUT2D eigenvalue weighted by Crippen LogP contribution is -2.31. The molecule has 0 aromatic heterocycles. The average Bonchev–Trinajstić information content (AvgIpc) is 2.39. The van der Waals surface area contributed by atoms with E-state index in [0.717, 1.165) is 5.56 Å². The Bertz CT molecular complexity index is 485. The molecule has 0 spiro atoms. The fourth-order valence-corrected chi connectivity index (χ4v) is 2.31. The van der Waals surface area contributed by atoms with Gasteiger partial charge < -0.3 is 10.4 Å². The molecule has 0 aliphatic heterocycles. The van der Waals surface area contributed by atoms with E-state index in [-0.39, 0.29) is 24.4 Å². The van der Waals surface area contributed by atoms with Gasteiger partial charge in [-0.05, 0) is 38.5 Å². The van der Waals surface area contributed by atoms with E-state index < -0.39 is 10.0 Å². The Morgan fingerprint density at radius 3 is 2.26 bits per heavy atom. The molecule has 0 saturated heterocycles. The van der Waals surface area contributed by atoms with E-state index in [1.807, 2.05) is 26.0 Å². The molecule has 0 aliphatic carbocycles. The summed E-state index contributed by atoms with van der Waals surface area (Å²) in [5.74, 6) is 0.0563. The van der Waals surface area contributed by atoms with Crippen molar-refractivity contribution in [3.8, 4) is 0 Å². The van der Waals surface area contributed by atoms with Gasteiger partial charge >= 0.3 is 0 Å². The number of sulfonamides is 1. The van der Waals surface area contributed by atoms with E-state index in [1.165, 1.54) is 0 Å². The maximum absolute atomic E-state index is 11.4. The molecule has 108 valence electrons. The van der Waals surface area contributed by atoms with Crippen molar-refractivity contribution in [1.29, 1.82) is 0 Å². The second kappa shape index (κ2) is 6.88. The van der Waals surface area contributed by atoms with Crippen molar-refractivity contribution in [3.05, 3.63) is 29.8 Å². The first kappa shape index (κ1) is 15.9. The van der Waals surface area contributed by atoms with E-state index in [4.69, 9.17) is 5.11 Å². The van der Waals surface area contributed by atoms with Gasteiger partial charge in [-0.25, -0.2) is 8.42 Å². The van der Waals surface area contributed by atoms with Gasteiger partial charge in [0.1, 0.15) is 0 Å². The fraction of sp³-hybridized carbons (Fsp3) is 0.538. The summed E-state index contributed by atoms with van der Waals surface area (Å²) < 4.78 is 25.3. The van der Waals surface area contributed by atoms with Gasteiger partial charge in [0, 0.05) is 17.8 Å². The number of hydrogen-bond donors (Lipinski definition) is 3. The molecule has 0 heterocycles. The van der Waals surface area contributed by atoms with Crippen LogP contribution in [0.5, 0.6) is 0 Å². The van der Waals surface area contributed by atoms with Crippen LogP contribution in [0.25, 0.3) is 0 Å². The highest BCUT2D eigenvalue weighted by molar-refractivity contribution is 7.92. The number of rotatable bonds is 7. The predicted molar refractivity (Wildman–Crippen MR) is 77.6 cm³/mol. The number of benzene rings is 1. The molecule has 19 heavy (non-hydrogen) atoms. The van der Waals surface area contributed by atoms with E-state index in [2.05, 4.69) is 10.0 Å². The smallest absolute Gasteiger partial charge is 0.232 e. The van der Waals surface area contributed by atoms with Crippen LogP contribution in [0.4, 0.5) is 5.69 Å². The third kappa shape index (κ3) is 5.18. The Hall–Kier alpha value is -1.11. The first-order valence-corrected chi connectivity index (χ1v) is 8.00. The summed E-state index contributed by atoms with van der Waals surface area (Å²) >= 11 is 0. The summed E-state index contributed by atoms with van der Waals surface area (Å²) in [6.45, 7) is 5.58. The third-order valence-electron chi connectivity index (χ3n) is 2.87. The summed E-state index contributed by atoms with van der Waals surface area (Å²) in [5.41, 5.74) is 1.60. The second-order valence-electron chi connectivity index (χ2n) is 4.60. The molecule has 1 rings (SSSR count). The molecular formula is C13H22N2O3S. The summed E-state index contributed by atoms with van der Waals surface area (Å²) in [6.07, 6.45) is 0. The van der Waals surface area contributed by atoms with Crippen LogP contribution >= 0.6 is 0 Å². The van der Waals surface area contributed by atoms with Crippen LogP contribution in [0.3, 0.4) is 0 Å². The van der Waals surface area contributed by atoms with Crippen LogP contribution < -0.4 is 10.0 Å². The molecule has 1 aromatic rings. The van der Waals surface area contributed by atoms with Gasteiger partial charge in [0.2, 0.25) is 10.0 Å². The Morgan fingerprint density at radius 1 is 1.21 bits per heavy atom. The summed E-state index contributed by atoms with van der Waals surface area (Å²) in [7, 11) is -3.23. The molecule has 0 saturated carbocycles. The van der Waals surface area contributed by atoms with Crippen molar-refractivity contribution in [2.75, 3.05) is 17.1 Å². The SMILES string of the molecule is CCS(=O)(=O)Nc1ccc(C(C)NC(C)CO)cc1. The lowest BCUT2D eigenvalue weighted by atomic mass is 10.1. The molecule has 0 aliphatic rings. The molecule has 2 unspecified atom stereocenters. The topological polar surface area (TPSA) is 78.4 Å². The molecule has 0 fully saturated rings. The number of hydrogen-bond acceptors (Lipinski definition) is 4. The molecular weight excluding hydrogens is 264 g/mol. The molecule has 0 radical (unpaired) electrons. The van der Waals surface area contributed by atoms with Gasteiger partial charge in [0.05, 0.1) is 12.4 Å². The molecule has 3 N–H and O–H groups in total. The van der Waals surface area contributed by atoms with Crippen LogP contribution in [0.2, 0.25) is 0 Å². The van der Waals surface area contributed by atoms with E-state index >= 15 is 0 Å². The minimum Gasteiger partial charge on any atom is -0.395 e.